The van der Waals surface area contributed by atoms with Gasteiger partial charge in [-0.1, -0.05) is 13.8 Å². The number of nitrogens with two attached hydrogens (primary N) is 1. The van der Waals surface area contributed by atoms with Crippen LogP contribution in [0.1, 0.15) is 43.4 Å². The van der Waals surface area contributed by atoms with Crippen molar-refractivity contribution >= 4 is 0 Å². The molecule has 0 saturated heterocycles. The SMILES string of the molecule is Cc1cc(O)cc(C)c1CCCC(N)C(C)C. The zero-order valence-corrected chi connectivity index (χ0v) is 11.5. The maximum atomic E-state index is 9.48. The average Bonchev–Trinajstić information content (AvgIpc) is 2.21. The molecule has 0 aromatic heterocycles. The smallest absolute Gasteiger partial charge is 0.116 e. The van der Waals surface area contributed by atoms with Gasteiger partial charge in [-0.15, -0.1) is 0 Å². The summed E-state index contributed by atoms with van der Waals surface area (Å²) in [5.41, 5.74) is 9.76. The minimum atomic E-state index is 0.299. The normalized spacial score (nSPS) is 13.1. The fraction of sp³-hybridized carbons (Fsp3) is 0.600. The molecule has 0 aliphatic heterocycles. The molecule has 0 radical (unpaired) electrons. The highest BCUT2D eigenvalue weighted by Crippen LogP contribution is 2.22. The predicted molar refractivity (Wildman–Crippen MR) is 73.3 cm³/mol. The third-order valence-corrected chi connectivity index (χ3v) is 3.50. The number of phenolic OH excluding ortho intramolecular Hbond substituents is 1. The minimum Gasteiger partial charge on any atom is -0.508 e. The first-order chi connectivity index (χ1) is 7.91. The summed E-state index contributed by atoms with van der Waals surface area (Å²) < 4.78 is 0. The number of aromatic hydroxyl groups is 1. The fourth-order valence-electron chi connectivity index (χ4n) is 2.21. The lowest BCUT2D eigenvalue weighted by Gasteiger charge is -2.16. The molecule has 2 heteroatoms. The Hall–Kier alpha value is -1.02. The molecule has 0 amide bonds. The lowest BCUT2D eigenvalue weighted by Crippen LogP contribution is -2.26. The molecule has 1 aromatic rings. The number of phenols is 1. The Balaban J connectivity index is 2.58. The Morgan fingerprint density at radius 1 is 1.18 bits per heavy atom. The van der Waals surface area contributed by atoms with Gasteiger partial charge in [-0.05, 0) is 67.9 Å². The van der Waals surface area contributed by atoms with Crippen molar-refractivity contribution in [2.24, 2.45) is 11.7 Å². The second-order valence-electron chi connectivity index (χ2n) is 5.36. The molecule has 1 atom stereocenters. The van der Waals surface area contributed by atoms with Crippen LogP contribution in [-0.2, 0) is 6.42 Å². The Bertz CT molecular complexity index is 348. The zero-order chi connectivity index (χ0) is 13.0. The van der Waals surface area contributed by atoms with E-state index in [2.05, 4.69) is 27.7 Å². The molecule has 0 aliphatic rings. The Morgan fingerprint density at radius 2 is 1.71 bits per heavy atom. The molecule has 1 rings (SSSR count). The van der Waals surface area contributed by atoms with Crippen molar-refractivity contribution in [3.05, 3.63) is 28.8 Å². The summed E-state index contributed by atoms with van der Waals surface area (Å²) in [6.45, 7) is 8.46. The van der Waals surface area contributed by atoms with Gasteiger partial charge < -0.3 is 10.8 Å². The van der Waals surface area contributed by atoms with E-state index in [1.807, 2.05) is 12.1 Å². The van der Waals surface area contributed by atoms with E-state index in [0.717, 1.165) is 19.3 Å². The molecular formula is C15H25NO. The Morgan fingerprint density at radius 3 is 2.18 bits per heavy atom. The van der Waals surface area contributed by atoms with Gasteiger partial charge in [0, 0.05) is 6.04 Å². The molecule has 17 heavy (non-hydrogen) atoms. The van der Waals surface area contributed by atoms with Crippen molar-refractivity contribution in [2.75, 3.05) is 0 Å². The van der Waals surface area contributed by atoms with Crippen LogP contribution in [0.15, 0.2) is 12.1 Å². The van der Waals surface area contributed by atoms with Crippen LogP contribution in [-0.4, -0.2) is 11.1 Å². The molecule has 0 fully saturated rings. The minimum absolute atomic E-state index is 0.299. The molecule has 1 aromatic carbocycles. The Kier molecular flexibility index (Phi) is 5.01. The van der Waals surface area contributed by atoms with Gasteiger partial charge in [0.2, 0.25) is 0 Å². The standard InChI is InChI=1S/C15H25NO/c1-10(2)15(16)7-5-6-14-11(3)8-13(17)9-12(14)4/h8-10,15,17H,5-7,16H2,1-4H3. The van der Waals surface area contributed by atoms with Crippen LogP contribution in [0, 0.1) is 19.8 Å². The van der Waals surface area contributed by atoms with Crippen LogP contribution in [0.3, 0.4) is 0 Å². The van der Waals surface area contributed by atoms with Crippen molar-refractivity contribution in [3.8, 4) is 5.75 Å². The topological polar surface area (TPSA) is 46.2 Å². The van der Waals surface area contributed by atoms with E-state index in [1.54, 1.807) is 0 Å². The monoisotopic (exact) mass is 235 g/mol. The molecule has 0 bridgehead atoms. The van der Waals surface area contributed by atoms with Crippen LogP contribution in [0.5, 0.6) is 5.75 Å². The maximum Gasteiger partial charge on any atom is 0.116 e. The molecule has 96 valence electrons. The first kappa shape index (κ1) is 14.0. The first-order valence-electron chi connectivity index (χ1n) is 6.46. The second-order valence-corrected chi connectivity index (χ2v) is 5.36. The number of hydrogen-bond acceptors (Lipinski definition) is 2. The van der Waals surface area contributed by atoms with Crippen molar-refractivity contribution in [3.63, 3.8) is 0 Å². The molecule has 0 spiro atoms. The van der Waals surface area contributed by atoms with Crippen molar-refractivity contribution in [1.29, 1.82) is 0 Å². The molecule has 0 saturated carbocycles. The summed E-state index contributed by atoms with van der Waals surface area (Å²) in [5.74, 6) is 0.916. The van der Waals surface area contributed by atoms with Crippen LogP contribution >= 0.6 is 0 Å². The molecular weight excluding hydrogens is 210 g/mol. The van der Waals surface area contributed by atoms with Gasteiger partial charge in [0.15, 0.2) is 0 Å². The van der Waals surface area contributed by atoms with E-state index in [1.165, 1.54) is 16.7 Å². The van der Waals surface area contributed by atoms with Crippen molar-refractivity contribution < 1.29 is 5.11 Å². The largest absolute Gasteiger partial charge is 0.508 e. The summed E-state index contributed by atoms with van der Waals surface area (Å²) in [7, 11) is 0. The molecule has 3 N–H and O–H groups in total. The quantitative estimate of drug-likeness (QED) is 0.822. The van der Waals surface area contributed by atoms with Gasteiger partial charge in [0.1, 0.15) is 5.75 Å². The number of benzene rings is 1. The van der Waals surface area contributed by atoms with E-state index in [9.17, 15) is 5.11 Å². The van der Waals surface area contributed by atoms with E-state index in [4.69, 9.17) is 5.73 Å². The second kappa shape index (κ2) is 6.06. The summed E-state index contributed by atoms with van der Waals surface area (Å²) >= 11 is 0. The van der Waals surface area contributed by atoms with Crippen LogP contribution in [0.2, 0.25) is 0 Å². The number of hydrogen-bond donors (Lipinski definition) is 2. The molecule has 0 heterocycles. The summed E-state index contributed by atoms with van der Waals surface area (Å²) in [6.07, 6.45) is 3.24. The third kappa shape index (κ3) is 4.04. The van der Waals surface area contributed by atoms with E-state index >= 15 is 0 Å². The summed E-state index contributed by atoms with van der Waals surface area (Å²) in [6, 6.07) is 3.97. The van der Waals surface area contributed by atoms with Gasteiger partial charge in [0.25, 0.3) is 0 Å². The highest BCUT2D eigenvalue weighted by Gasteiger charge is 2.09. The van der Waals surface area contributed by atoms with Gasteiger partial charge >= 0.3 is 0 Å². The third-order valence-electron chi connectivity index (χ3n) is 3.50. The highest BCUT2D eigenvalue weighted by atomic mass is 16.3. The van der Waals surface area contributed by atoms with E-state index in [0.29, 0.717) is 17.7 Å². The van der Waals surface area contributed by atoms with Crippen LogP contribution in [0.4, 0.5) is 0 Å². The maximum absolute atomic E-state index is 9.48. The fourth-order valence-corrected chi connectivity index (χ4v) is 2.21. The first-order valence-corrected chi connectivity index (χ1v) is 6.46. The zero-order valence-electron chi connectivity index (χ0n) is 11.5. The lowest BCUT2D eigenvalue weighted by atomic mass is 9.94. The average molecular weight is 235 g/mol. The van der Waals surface area contributed by atoms with Gasteiger partial charge in [-0.25, -0.2) is 0 Å². The molecule has 2 nitrogen and oxygen atoms in total. The van der Waals surface area contributed by atoms with Crippen molar-refractivity contribution in [2.45, 2.75) is 53.0 Å². The van der Waals surface area contributed by atoms with E-state index in [-0.39, 0.29) is 0 Å². The lowest BCUT2D eigenvalue weighted by molar-refractivity contribution is 0.451. The Labute approximate surface area is 105 Å². The van der Waals surface area contributed by atoms with Gasteiger partial charge in [-0.2, -0.15) is 0 Å². The van der Waals surface area contributed by atoms with Crippen molar-refractivity contribution in [1.82, 2.24) is 0 Å². The highest BCUT2D eigenvalue weighted by molar-refractivity contribution is 5.40. The number of aryl methyl sites for hydroxylation is 2. The van der Waals surface area contributed by atoms with E-state index < -0.39 is 0 Å². The molecule has 1 unspecified atom stereocenters. The van der Waals surface area contributed by atoms with Gasteiger partial charge in [-0.3, -0.25) is 0 Å². The van der Waals surface area contributed by atoms with Gasteiger partial charge in [0.05, 0.1) is 0 Å². The van der Waals surface area contributed by atoms with Crippen LogP contribution < -0.4 is 5.73 Å². The summed E-state index contributed by atoms with van der Waals surface area (Å²) in [4.78, 5) is 0. The van der Waals surface area contributed by atoms with Crippen LogP contribution in [0.25, 0.3) is 0 Å². The summed E-state index contributed by atoms with van der Waals surface area (Å²) in [5, 5.41) is 9.48. The molecule has 0 aliphatic carbocycles. The predicted octanol–water partition coefficient (Wildman–Crippen LogP) is 3.32. The number of rotatable bonds is 5.